The maximum atomic E-state index is 15.1. The number of anilines is 4. The molecular formula is C26H26ClFN8O3. The summed E-state index contributed by atoms with van der Waals surface area (Å²) in [4.78, 5) is 24.2. The molecule has 1 aliphatic heterocycles. The molecule has 0 bridgehead atoms. The van der Waals surface area contributed by atoms with E-state index in [-0.39, 0.29) is 28.0 Å². The van der Waals surface area contributed by atoms with Crippen LogP contribution in [0.4, 0.5) is 27.5 Å². The Morgan fingerprint density at radius 1 is 0.949 bits per heavy atom. The van der Waals surface area contributed by atoms with Gasteiger partial charge in [-0.05, 0) is 11.6 Å². The number of nitrogens with zero attached hydrogens (tertiary/aromatic N) is 6. The molecule has 0 spiro atoms. The van der Waals surface area contributed by atoms with Crippen LogP contribution in [-0.2, 0) is 11.3 Å². The van der Waals surface area contributed by atoms with Gasteiger partial charge in [-0.15, -0.1) is 0 Å². The van der Waals surface area contributed by atoms with Gasteiger partial charge in [-0.2, -0.15) is 0 Å². The van der Waals surface area contributed by atoms with Gasteiger partial charge in [0, 0.05) is 50.4 Å². The number of nitrogens with one attached hydrogen (secondary N) is 2. The highest BCUT2D eigenvalue weighted by Crippen LogP contribution is 2.41. The van der Waals surface area contributed by atoms with E-state index in [9.17, 15) is 0 Å². The van der Waals surface area contributed by atoms with Crippen LogP contribution in [0.3, 0.4) is 0 Å². The monoisotopic (exact) mass is 552 g/mol. The molecule has 0 unspecified atom stereocenters. The third-order valence-corrected chi connectivity index (χ3v) is 6.39. The Morgan fingerprint density at radius 2 is 1.74 bits per heavy atom. The molecule has 0 aliphatic carbocycles. The van der Waals surface area contributed by atoms with Crippen molar-refractivity contribution in [3.05, 3.63) is 65.6 Å². The minimum Gasteiger partial charge on any atom is -0.495 e. The summed E-state index contributed by atoms with van der Waals surface area (Å²) in [7, 11) is 2.78. The van der Waals surface area contributed by atoms with Crippen molar-refractivity contribution < 1.29 is 18.6 Å². The van der Waals surface area contributed by atoms with E-state index in [0.29, 0.717) is 23.0 Å². The van der Waals surface area contributed by atoms with Gasteiger partial charge in [0.15, 0.2) is 17.4 Å². The first kappa shape index (κ1) is 26.5. The van der Waals surface area contributed by atoms with Crippen molar-refractivity contribution in [1.29, 1.82) is 0 Å². The first-order valence-corrected chi connectivity index (χ1v) is 12.5. The summed E-state index contributed by atoms with van der Waals surface area (Å²) in [5.74, 6) is 0.843. The summed E-state index contributed by atoms with van der Waals surface area (Å²) in [6, 6.07) is 6.99. The standard InChI is InChI=1S/C26H26ClFN8O3/c1-37-18-12-19(38-2)23(28)25(22(18)27)35-26-24(29-5-6-30-26)17-11-21(33-15-32-17)34-20-4-3-16(13-31-20)14-36-7-9-39-10-8-36/h3-6,11-13,15H,7-10,14H2,1-2H3,(H,30,35)(H,31,32,33,34). The fraction of sp³-hybridized carbons (Fsp3) is 0.269. The average molecular weight is 553 g/mol. The Bertz CT molecular complexity index is 1410. The molecule has 39 heavy (non-hydrogen) atoms. The highest BCUT2D eigenvalue weighted by atomic mass is 35.5. The van der Waals surface area contributed by atoms with Crippen molar-refractivity contribution >= 4 is 34.7 Å². The van der Waals surface area contributed by atoms with Crippen molar-refractivity contribution in [2.75, 3.05) is 51.2 Å². The van der Waals surface area contributed by atoms with Crippen molar-refractivity contribution in [3.8, 4) is 22.9 Å². The number of rotatable bonds is 9. The van der Waals surface area contributed by atoms with Crippen LogP contribution in [0.2, 0.25) is 5.02 Å². The molecule has 0 saturated carbocycles. The Morgan fingerprint density at radius 3 is 2.49 bits per heavy atom. The van der Waals surface area contributed by atoms with Gasteiger partial charge >= 0.3 is 0 Å². The minimum atomic E-state index is -0.701. The van der Waals surface area contributed by atoms with E-state index in [1.54, 1.807) is 6.07 Å². The third-order valence-electron chi connectivity index (χ3n) is 6.02. The van der Waals surface area contributed by atoms with Crippen LogP contribution in [0.15, 0.2) is 49.2 Å². The lowest BCUT2D eigenvalue weighted by molar-refractivity contribution is 0.0341. The van der Waals surface area contributed by atoms with Gasteiger partial charge in [0.1, 0.15) is 40.1 Å². The molecule has 1 aliphatic rings. The molecule has 13 heteroatoms. The molecule has 1 aromatic carbocycles. The maximum absolute atomic E-state index is 15.1. The zero-order valence-corrected chi connectivity index (χ0v) is 22.1. The predicted octanol–water partition coefficient (Wildman–Crippen LogP) is 4.46. The molecule has 4 heterocycles. The van der Waals surface area contributed by atoms with Crippen LogP contribution < -0.4 is 20.1 Å². The maximum Gasteiger partial charge on any atom is 0.190 e. The van der Waals surface area contributed by atoms with Crippen LogP contribution in [-0.4, -0.2) is 70.3 Å². The van der Waals surface area contributed by atoms with Gasteiger partial charge in [0.25, 0.3) is 0 Å². The van der Waals surface area contributed by atoms with Crippen molar-refractivity contribution in [2.24, 2.45) is 0 Å². The number of hydrogen-bond acceptors (Lipinski definition) is 11. The predicted molar refractivity (Wildman–Crippen MR) is 144 cm³/mol. The Hall–Kier alpha value is -4.13. The number of aromatic nitrogens is 5. The van der Waals surface area contributed by atoms with Crippen molar-refractivity contribution in [3.63, 3.8) is 0 Å². The smallest absolute Gasteiger partial charge is 0.190 e. The molecule has 1 saturated heterocycles. The zero-order chi connectivity index (χ0) is 27.2. The van der Waals surface area contributed by atoms with Gasteiger partial charge in [-0.3, -0.25) is 4.90 Å². The number of pyridine rings is 1. The molecule has 5 rings (SSSR count). The first-order valence-electron chi connectivity index (χ1n) is 12.1. The van der Waals surface area contributed by atoms with Gasteiger partial charge in [0.2, 0.25) is 0 Å². The highest BCUT2D eigenvalue weighted by molar-refractivity contribution is 6.35. The van der Waals surface area contributed by atoms with E-state index in [1.807, 2.05) is 18.3 Å². The van der Waals surface area contributed by atoms with Gasteiger partial charge in [-0.25, -0.2) is 29.3 Å². The van der Waals surface area contributed by atoms with E-state index in [0.717, 1.165) is 38.4 Å². The van der Waals surface area contributed by atoms with Gasteiger partial charge < -0.3 is 24.8 Å². The largest absolute Gasteiger partial charge is 0.495 e. The summed E-state index contributed by atoms with van der Waals surface area (Å²) in [5.41, 5.74) is 1.84. The SMILES string of the molecule is COc1cc(OC)c(Cl)c(Nc2nccnc2-c2cc(Nc3ccc(CN4CCOCC4)cn3)ncn2)c1F. The average Bonchev–Trinajstić information content (AvgIpc) is 2.97. The van der Waals surface area contributed by atoms with E-state index in [4.69, 9.17) is 25.8 Å². The summed E-state index contributed by atoms with van der Waals surface area (Å²) in [6.07, 6.45) is 6.21. The van der Waals surface area contributed by atoms with E-state index in [2.05, 4.69) is 40.5 Å². The number of halogens is 2. The van der Waals surface area contributed by atoms with E-state index in [1.165, 1.54) is 39.0 Å². The van der Waals surface area contributed by atoms with Gasteiger partial charge in [0.05, 0.1) is 33.1 Å². The topological polar surface area (TPSA) is 119 Å². The minimum absolute atomic E-state index is 0.0283. The number of benzene rings is 1. The first-order chi connectivity index (χ1) is 19.1. The second-order valence-corrected chi connectivity index (χ2v) is 8.89. The van der Waals surface area contributed by atoms with Crippen molar-refractivity contribution in [1.82, 2.24) is 29.8 Å². The van der Waals surface area contributed by atoms with Gasteiger partial charge in [-0.1, -0.05) is 17.7 Å². The lowest BCUT2D eigenvalue weighted by Gasteiger charge is -2.26. The van der Waals surface area contributed by atoms with E-state index >= 15 is 4.39 Å². The highest BCUT2D eigenvalue weighted by Gasteiger charge is 2.21. The molecule has 11 nitrogen and oxygen atoms in total. The fourth-order valence-corrected chi connectivity index (χ4v) is 4.29. The summed E-state index contributed by atoms with van der Waals surface area (Å²) in [6.45, 7) is 4.14. The Labute approximate surface area is 229 Å². The quantitative estimate of drug-likeness (QED) is 0.306. The van der Waals surface area contributed by atoms with Crippen LogP contribution in [0.1, 0.15) is 5.56 Å². The molecule has 0 amide bonds. The second kappa shape index (κ2) is 12.2. The molecule has 3 aromatic heterocycles. The lowest BCUT2D eigenvalue weighted by atomic mass is 10.2. The number of hydrogen-bond donors (Lipinski definition) is 2. The lowest BCUT2D eigenvalue weighted by Crippen LogP contribution is -2.35. The normalized spacial score (nSPS) is 13.6. The van der Waals surface area contributed by atoms with Crippen LogP contribution in [0.25, 0.3) is 11.4 Å². The molecule has 0 atom stereocenters. The number of methoxy groups -OCH3 is 2. The molecule has 4 aromatic rings. The second-order valence-electron chi connectivity index (χ2n) is 8.52. The Balaban J connectivity index is 1.36. The molecule has 202 valence electrons. The van der Waals surface area contributed by atoms with Crippen LogP contribution >= 0.6 is 11.6 Å². The molecule has 1 fully saturated rings. The molecular weight excluding hydrogens is 527 g/mol. The van der Waals surface area contributed by atoms with Crippen LogP contribution in [0, 0.1) is 5.82 Å². The summed E-state index contributed by atoms with van der Waals surface area (Å²) >= 11 is 6.39. The van der Waals surface area contributed by atoms with E-state index < -0.39 is 5.82 Å². The third kappa shape index (κ3) is 6.14. The fourth-order valence-electron chi connectivity index (χ4n) is 4.03. The zero-order valence-electron chi connectivity index (χ0n) is 21.3. The number of ether oxygens (including phenoxy) is 3. The summed E-state index contributed by atoms with van der Waals surface area (Å²) in [5, 5.41) is 6.13. The molecule has 0 radical (unpaired) electrons. The number of morpholine rings is 1. The van der Waals surface area contributed by atoms with Crippen molar-refractivity contribution in [2.45, 2.75) is 6.54 Å². The Kier molecular flexibility index (Phi) is 8.25. The molecule has 2 N–H and O–H groups in total. The summed E-state index contributed by atoms with van der Waals surface area (Å²) < 4.78 is 30.9. The van der Waals surface area contributed by atoms with Crippen LogP contribution in [0.5, 0.6) is 11.5 Å².